The smallest absolute Gasteiger partial charge is 0.127 e. The third-order valence-electron chi connectivity index (χ3n) is 4.71. The Morgan fingerprint density at radius 2 is 1.67 bits per heavy atom. The van der Waals surface area contributed by atoms with Gasteiger partial charge in [0.15, 0.2) is 0 Å². The maximum Gasteiger partial charge on any atom is 0.127 e. The summed E-state index contributed by atoms with van der Waals surface area (Å²) in [7, 11) is 0. The molecule has 1 atom stereocenters. The van der Waals surface area contributed by atoms with E-state index in [1.807, 2.05) is 54.6 Å². The number of rotatable bonds is 7. The van der Waals surface area contributed by atoms with Gasteiger partial charge in [0.05, 0.1) is 18.4 Å². The van der Waals surface area contributed by atoms with Gasteiger partial charge in [-0.1, -0.05) is 0 Å². The summed E-state index contributed by atoms with van der Waals surface area (Å²) in [6.45, 7) is 1.57. The number of H-pyrrole nitrogens is 1. The molecule has 5 nitrogen and oxygen atoms in total. The summed E-state index contributed by atoms with van der Waals surface area (Å²) in [4.78, 5) is 0. The SMILES string of the molecule is c1cc(-c2ccc(Oc3ccc(OCCC4CCCCO4)cc3)cc2)[nH]n1. The van der Waals surface area contributed by atoms with E-state index in [9.17, 15) is 0 Å². The van der Waals surface area contributed by atoms with Gasteiger partial charge in [-0.3, -0.25) is 5.10 Å². The molecule has 0 spiro atoms. The van der Waals surface area contributed by atoms with Crippen molar-refractivity contribution in [3.05, 3.63) is 60.8 Å². The minimum atomic E-state index is 0.353. The Morgan fingerprint density at radius 1 is 0.926 bits per heavy atom. The van der Waals surface area contributed by atoms with Crippen molar-refractivity contribution < 1.29 is 14.2 Å². The topological polar surface area (TPSA) is 56.4 Å². The monoisotopic (exact) mass is 364 g/mol. The van der Waals surface area contributed by atoms with Crippen LogP contribution in [0.3, 0.4) is 0 Å². The number of benzene rings is 2. The van der Waals surface area contributed by atoms with Crippen LogP contribution in [-0.2, 0) is 4.74 Å². The van der Waals surface area contributed by atoms with Crippen LogP contribution in [0, 0.1) is 0 Å². The second kappa shape index (κ2) is 8.73. The van der Waals surface area contributed by atoms with Crippen molar-refractivity contribution in [2.75, 3.05) is 13.2 Å². The lowest BCUT2D eigenvalue weighted by molar-refractivity contribution is 0.00404. The van der Waals surface area contributed by atoms with E-state index in [1.165, 1.54) is 12.8 Å². The molecule has 1 aliphatic rings. The van der Waals surface area contributed by atoms with E-state index >= 15 is 0 Å². The molecule has 1 aromatic heterocycles. The van der Waals surface area contributed by atoms with Crippen LogP contribution >= 0.6 is 0 Å². The van der Waals surface area contributed by atoms with Crippen LogP contribution in [0.4, 0.5) is 0 Å². The summed E-state index contributed by atoms with van der Waals surface area (Å²) >= 11 is 0. The molecule has 1 aliphatic heterocycles. The van der Waals surface area contributed by atoms with Gasteiger partial charge < -0.3 is 14.2 Å². The Labute approximate surface area is 159 Å². The van der Waals surface area contributed by atoms with Crippen molar-refractivity contribution in [3.8, 4) is 28.5 Å². The summed E-state index contributed by atoms with van der Waals surface area (Å²) in [5, 5.41) is 6.92. The molecule has 0 bridgehead atoms. The van der Waals surface area contributed by atoms with Crippen LogP contribution < -0.4 is 9.47 Å². The summed E-state index contributed by atoms with van der Waals surface area (Å²) in [6, 6.07) is 17.6. The summed E-state index contributed by atoms with van der Waals surface area (Å²) < 4.78 is 17.5. The Kier molecular flexibility index (Phi) is 5.70. The highest BCUT2D eigenvalue weighted by Crippen LogP contribution is 2.26. The van der Waals surface area contributed by atoms with Gasteiger partial charge in [-0.15, -0.1) is 0 Å². The highest BCUT2D eigenvalue weighted by atomic mass is 16.5. The third-order valence-corrected chi connectivity index (χ3v) is 4.71. The molecule has 1 saturated heterocycles. The van der Waals surface area contributed by atoms with E-state index in [2.05, 4.69) is 10.2 Å². The first-order valence-corrected chi connectivity index (χ1v) is 9.49. The Balaban J connectivity index is 1.27. The zero-order valence-corrected chi connectivity index (χ0v) is 15.3. The molecule has 2 heterocycles. The first-order chi connectivity index (χ1) is 13.4. The molecule has 1 N–H and O–H groups in total. The van der Waals surface area contributed by atoms with E-state index in [4.69, 9.17) is 14.2 Å². The van der Waals surface area contributed by atoms with Crippen molar-refractivity contribution in [2.45, 2.75) is 31.8 Å². The van der Waals surface area contributed by atoms with Crippen LogP contribution in [-0.4, -0.2) is 29.5 Å². The lowest BCUT2D eigenvalue weighted by Crippen LogP contribution is -2.21. The number of aromatic amines is 1. The van der Waals surface area contributed by atoms with Gasteiger partial charge in [0.1, 0.15) is 17.2 Å². The molecule has 0 saturated carbocycles. The van der Waals surface area contributed by atoms with Crippen LogP contribution in [0.1, 0.15) is 25.7 Å². The summed E-state index contributed by atoms with van der Waals surface area (Å²) in [5.41, 5.74) is 2.06. The maximum atomic E-state index is 5.90. The van der Waals surface area contributed by atoms with Gasteiger partial charge in [0.2, 0.25) is 0 Å². The van der Waals surface area contributed by atoms with Gasteiger partial charge in [0, 0.05) is 19.2 Å². The van der Waals surface area contributed by atoms with E-state index in [0.29, 0.717) is 12.7 Å². The first kappa shape index (κ1) is 17.6. The van der Waals surface area contributed by atoms with Crippen molar-refractivity contribution in [2.24, 2.45) is 0 Å². The number of ether oxygens (including phenoxy) is 3. The second-order valence-electron chi connectivity index (χ2n) is 6.69. The molecular formula is C22H24N2O3. The number of hydrogen-bond donors (Lipinski definition) is 1. The molecule has 1 fully saturated rings. The molecular weight excluding hydrogens is 340 g/mol. The van der Waals surface area contributed by atoms with Gasteiger partial charge in [0.25, 0.3) is 0 Å². The average molecular weight is 364 g/mol. The fourth-order valence-corrected chi connectivity index (χ4v) is 3.20. The summed E-state index contributed by atoms with van der Waals surface area (Å²) in [5.74, 6) is 2.43. The van der Waals surface area contributed by atoms with Crippen LogP contribution in [0.15, 0.2) is 60.8 Å². The second-order valence-corrected chi connectivity index (χ2v) is 6.69. The fourth-order valence-electron chi connectivity index (χ4n) is 3.20. The van der Waals surface area contributed by atoms with Crippen molar-refractivity contribution in [3.63, 3.8) is 0 Å². The Morgan fingerprint density at radius 3 is 2.33 bits per heavy atom. The average Bonchev–Trinajstić information content (AvgIpc) is 3.26. The van der Waals surface area contributed by atoms with Gasteiger partial charge >= 0.3 is 0 Å². The molecule has 0 radical (unpaired) electrons. The third kappa shape index (κ3) is 4.89. The number of nitrogens with zero attached hydrogens (tertiary/aromatic N) is 1. The molecule has 3 aromatic rings. The maximum absolute atomic E-state index is 5.90. The van der Waals surface area contributed by atoms with Gasteiger partial charge in [-0.25, -0.2) is 0 Å². The first-order valence-electron chi connectivity index (χ1n) is 9.49. The Hall–Kier alpha value is -2.79. The largest absolute Gasteiger partial charge is 0.493 e. The predicted octanol–water partition coefficient (Wildman–Crippen LogP) is 5.21. The number of hydrogen-bond acceptors (Lipinski definition) is 4. The fraction of sp³-hybridized carbons (Fsp3) is 0.318. The van der Waals surface area contributed by atoms with Crippen molar-refractivity contribution >= 4 is 0 Å². The Bertz CT molecular complexity index is 808. The molecule has 2 aromatic carbocycles. The van der Waals surface area contributed by atoms with Crippen LogP contribution in [0.5, 0.6) is 17.2 Å². The molecule has 0 aliphatic carbocycles. The molecule has 5 heteroatoms. The highest BCUT2D eigenvalue weighted by Gasteiger charge is 2.13. The summed E-state index contributed by atoms with van der Waals surface area (Å²) in [6.07, 6.45) is 6.64. The van der Waals surface area contributed by atoms with Crippen LogP contribution in [0.25, 0.3) is 11.3 Å². The predicted molar refractivity (Wildman–Crippen MR) is 104 cm³/mol. The minimum absolute atomic E-state index is 0.353. The quantitative estimate of drug-likeness (QED) is 0.625. The minimum Gasteiger partial charge on any atom is -0.493 e. The lowest BCUT2D eigenvalue weighted by Gasteiger charge is -2.22. The lowest BCUT2D eigenvalue weighted by atomic mass is 10.1. The van der Waals surface area contributed by atoms with Gasteiger partial charge in [-0.05, 0) is 79.4 Å². The molecule has 0 amide bonds. The standard InChI is InChI=1S/C22H24N2O3/c1-2-15-25-18(3-1)13-16-26-19-8-10-21(11-9-19)27-20-6-4-17(5-7-20)22-12-14-23-24-22/h4-12,14,18H,1-3,13,15-16H2,(H,23,24). The molecule has 1 unspecified atom stereocenters. The molecule has 4 rings (SSSR count). The van der Waals surface area contributed by atoms with Gasteiger partial charge in [-0.2, -0.15) is 5.10 Å². The van der Waals surface area contributed by atoms with E-state index < -0.39 is 0 Å². The number of aromatic nitrogens is 2. The number of nitrogens with one attached hydrogen (secondary N) is 1. The van der Waals surface area contributed by atoms with Crippen molar-refractivity contribution in [1.82, 2.24) is 10.2 Å². The van der Waals surface area contributed by atoms with Crippen LogP contribution in [0.2, 0.25) is 0 Å². The van der Waals surface area contributed by atoms with E-state index in [1.54, 1.807) is 6.20 Å². The van der Waals surface area contributed by atoms with E-state index in [0.717, 1.165) is 48.0 Å². The van der Waals surface area contributed by atoms with Crippen molar-refractivity contribution in [1.29, 1.82) is 0 Å². The molecule has 140 valence electrons. The zero-order chi connectivity index (χ0) is 18.3. The van der Waals surface area contributed by atoms with E-state index in [-0.39, 0.29) is 0 Å². The highest BCUT2D eigenvalue weighted by molar-refractivity contribution is 5.59. The molecule has 27 heavy (non-hydrogen) atoms. The zero-order valence-electron chi connectivity index (χ0n) is 15.3. The normalized spacial score (nSPS) is 16.8.